The second-order valence-corrected chi connectivity index (χ2v) is 6.30. The van der Waals surface area contributed by atoms with Crippen molar-refractivity contribution in [1.82, 2.24) is 4.90 Å². The van der Waals surface area contributed by atoms with E-state index in [9.17, 15) is 19.5 Å². The third-order valence-electron chi connectivity index (χ3n) is 3.23. The molecule has 3 atom stereocenters. The summed E-state index contributed by atoms with van der Waals surface area (Å²) in [6, 6.07) is -0.602. The van der Waals surface area contributed by atoms with Crippen LogP contribution in [0.4, 0.5) is 0 Å². The molecule has 0 aliphatic carbocycles. The van der Waals surface area contributed by atoms with Gasteiger partial charge < -0.3 is 20.5 Å². The number of amides is 1. The van der Waals surface area contributed by atoms with E-state index in [1.165, 1.54) is 16.7 Å². The standard InChI is InChI=1S/C10H13BrN2O5S/c11-1-2-18-9(17)10(8(15)16)3-13-6(14)5(12)7(13)19-4-10/h5,7H,1-4,12H2,(H,15,16)/t5?,7-,10?/m1/s1. The van der Waals surface area contributed by atoms with Gasteiger partial charge in [0.05, 0.1) is 0 Å². The number of β-lactam (4-membered cyclic amide) rings is 1. The summed E-state index contributed by atoms with van der Waals surface area (Å²) in [5, 5.41) is 9.54. The summed E-state index contributed by atoms with van der Waals surface area (Å²) < 4.78 is 4.92. The molecule has 2 heterocycles. The van der Waals surface area contributed by atoms with E-state index in [1.807, 2.05) is 0 Å². The van der Waals surface area contributed by atoms with Crippen LogP contribution in [0.5, 0.6) is 0 Å². The minimum Gasteiger partial charge on any atom is -0.480 e. The third-order valence-corrected chi connectivity index (χ3v) is 5.11. The van der Waals surface area contributed by atoms with Crippen molar-refractivity contribution in [3.8, 4) is 0 Å². The monoisotopic (exact) mass is 352 g/mol. The number of esters is 1. The molecule has 2 saturated heterocycles. The fourth-order valence-electron chi connectivity index (χ4n) is 2.09. The lowest BCUT2D eigenvalue weighted by Crippen LogP contribution is -2.73. The maximum Gasteiger partial charge on any atom is 0.326 e. The van der Waals surface area contributed by atoms with Crippen LogP contribution < -0.4 is 5.73 Å². The highest BCUT2D eigenvalue weighted by Gasteiger charge is 2.59. The van der Waals surface area contributed by atoms with Crippen molar-refractivity contribution in [2.45, 2.75) is 11.4 Å². The number of rotatable bonds is 4. The molecule has 2 rings (SSSR count). The average molecular weight is 353 g/mol. The summed E-state index contributed by atoms with van der Waals surface area (Å²) >= 11 is 4.30. The van der Waals surface area contributed by atoms with Gasteiger partial charge >= 0.3 is 11.9 Å². The number of carbonyl (C=O) groups is 3. The first kappa shape index (κ1) is 14.6. The number of hydrogen-bond donors (Lipinski definition) is 2. The Balaban J connectivity index is 2.16. The van der Waals surface area contributed by atoms with Gasteiger partial charge in [-0.25, -0.2) is 0 Å². The second-order valence-electron chi connectivity index (χ2n) is 4.41. The van der Waals surface area contributed by atoms with Gasteiger partial charge in [0.15, 0.2) is 5.41 Å². The predicted octanol–water partition coefficient (Wildman–Crippen LogP) is -0.762. The smallest absolute Gasteiger partial charge is 0.326 e. The highest BCUT2D eigenvalue weighted by atomic mass is 79.9. The van der Waals surface area contributed by atoms with Crippen molar-refractivity contribution in [3.63, 3.8) is 0 Å². The van der Waals surface area contributed by atoms with Crippen molar-refractivity contribution >= 4 is 45.5 Å². The molecule has 9 heteroatoms. The van der Waals surface area contributed by atoms with Crippen molar-refractivity contribution in [2.24, 2.45) is 11.1 Å². The molecule has 2 aliphatic heterocycles. The second kappa shape index (κ2) is 5.29. The molecule has 2 fully saturated rings. The van der Waals surface area contributed by atoms with Crippen LogP contribution in [0.2, 0.25) is 0 Å². The molecular formula is C10H13BrN2O5S. The van der Waals surface area contributed by atoms with Crippen molar-refractivity contribution in [3.05, 3.63) is 0 Å². The van der Waals surface area contributed by atoms with Crippen molar-refractivity contribution in [1.29, 1.82) is 0 Å². The van der Waals surface area contributed by atoms with Crippen LogP contribution in [-0.2, 0) is 19.1 Å². The largest absolute Gasteiger partial charge is 0.480 e. The van der Waals surface area contributed by atoms with Gasteiger partial charge in [0.25, 0.3) is 0 Å². The zero-order valence-corrected chi connectivity index (χ0v) is 12.3. The van der Waals surface area contributed by atoms with Gasteiger partial charge in [-0.05, 0) is 0 Å². The van der Waals surface area contributed by atoms with Gasteiger partial charge in [-0.2, -0.15) is 0 Å². The average Bonchev–Trinajstić information content (AvgIpc) is 2.42. The van der Waals surface area contributed by atoms with E-state index in [2.05, 4.69) is 15.9 Å². The van der Waals surface area contributed by atoms with E-state index in [1.54, 1.807) is 0 Å². The van der Waals surface area contributed by atoms with Gasteiger partial charge in [0, 0.05) is 17.6 Å². The molecule has 19 heavy (non-hydrogen) atoms. The van der Waals surface area contributed by atoms with Crippen LogP contribution in [0.15, 0.2) is 0 Å². The van der Waals surface area contributed by atoms with E-state index >= 15 is 0 Å². The minimum atomic E-state index is -1.70. The molecule has 0 aromatic heterocycles. The first-order valence-electron chi connectivity index (χ1n) is 5.58. The van der Waals surface area contributed by atoms with E-state index in [4.69, 9.17) is 10.5 Å². The summed E-state index contributed by atoms with van der Waals surface area (Å²) in [4.78, 5) is 36.3. The fourth-order valence-corrected chi connectivity index (χ4v) is 3.72. The Kier molecular flexibility index (Phi) is 4.07. The number of aliphatic carboxylic acids is 1. The molecule has 0 aromatic rings. The lowest BCUT2D eigenvalue weighted by molar-refractivity contribution is -0.171. The number of hydrogen-bond acceptors (Lipinski definition) is 6. The number of nitrogens with two attached hydrogens (primary N) is 1. The lowest BCUT2D eigenvalue weighted by atomic mass is 9.87. The molecule has 0 bridgehead atoms. The molecule has 106 valence electrons. The number of carboxylic acid groups (broad SMARTS) is 1. The topological polar surface area (TPSA) is 110 Å². The maximum atomic E-state index is 12.0. The van der Waals surface area contributed by atoms with Crippen LogP contribution in [0.25, 0.3) is 0 Å². The van der Waals surface area contributed by atoms with Gasteiger partial charge in [-0.1, -0.05) is 15.9 Å². The Morgan fingerprint density at radius 2 is 2.32 bits per heavy atom. The Labute approximate surface area is 121 Å². The summed E-state index contributed by atoms with van der Waals surface area (Å²) in [6.07, 6.45) is 0. The molecule has 2 unspecified atom stereocenters. The first-order valence-corrected chi connectivity index (χ1v) is 7.75. The number of carbonyl (C=O) groups excluding carboxylic acids is 2. The van der Waals surface area contributed by atoms with Crippen LogP contribution in [0.3, 0.4) is 0 Å². The predicted molar refractivity (Wildman–Crippen MR) is 70.8 cm³/mol. The highest BCUT2D eigenvalue weighted by Crippen LogP contribution is 2.42. The number of nitrogens with zero attached hydrogens (tertiary/aromatic N) is 1. The number of halogens is 1. The molecule has 0 spiro atoms. The van der Waals surface area contributed by atoms with Gasteiger partial charge in [-0.15, -0.1) is 11.8 Å². The Morgan fingerprint density at radius 3 is 2.89 bits per heavy atom. The minimum absolute atomic E-state index is 0.0611. The summed E-state index contributed by atoms with van der Waals surface area (Å²) in [5.41, 5.74) is 3.92. The summed E-state index contributed by atoms with van der Waals surface area (Å²) in [6.45, 7) is -0.0803. The number of alkyl halides is 1. The van der Waals surface area contributed by atoms with Gasteiger partial charge in [-0.3, -0.25) is 14.4 Å². The Hall–Kier alpha value is -0.800. The molecule has 3 N–H and O–H groups in total. The van der Waals surface area contributed by atoms with Gasteiger partial charge in [0.1, 0.15) is 18.0 Å². The van der Waals surface area contributed by atoms with Crippen molar-refractivity contribution in [2.75, 3.05) is 24.2 Å². The molecule has 0 aromatic carbocycles. The lowest BCUT2D eigenvalue weighted by Gasteiger charge is -2.51. The van der Waals surface area contributed by atoms with E-state index in [0.717, 1.165) is 0 Å². The number of fused-ring (bicyclic) bond motifs is 1. The van der Waals surface area contributed by atoms with Crippen LogP contribution in [0.1, 0.15) is 0 Å². The molecule has 1 amide bonds. The molecule has 0 radical (unpaired) electrons. The normalized spacial score (nSPS) is 33.4. The number of carboxylic acids is 1. The third kappa shape index (κ3) is 2.23. The van der Waals surface area contributed by atoms with E-state index in [0.29, 0.717) is 5.33 Å². The first-order chi connectivity index (χ1) is 8.94. The molecule has 7 nitrogen and oxygen atoms in total. The summed E-state index contributed by atoms with van der Waals surface area (Å²) in [5.74, 6) is -2.34. The van der Waals surface area contributed by atoms with Crippen molar-refractivity contribution < 1.29 is 24.2 Å². The maximum absolute atomic E-state index is 12.0. The van der Waals surface area contributed by atoms with Crippen LogP contribution in [0, 0.1) is 5.41 Å². The Bertz CT molecular complexity index is 434. The SMILES string of the molecule is NC1C(=O)N2CC(C(=O)O)(C(=O)OCCBr)CS[C@H]12. The van der Waals surface area contributed by atoms with Crippen LogP contribution >= 0.6 is 27.7 Å². The van der Waals surface area contributed by atoms with E-state index in [-0.39, 0.29) is 30.2 Å². The molecular weight excluding hydrogens is 340 g/mol. The van der Waals surface area contributed by atoms with E-state index < -0.39 is 23.4 Å². The summed E-state index contributed by atoms with van der Waals surface area (Å²) in [7, 11) is 0. The quantitative estimate of drug-likeness (QED) is 0.296. The van der Waals surface area contributed by atoms with Crippen LogP contribution in [-0.4, -0.2) is 63.5 Å². The zero-order chi connectivity index (χ0) is 14.2. The molecule has 2 aliphatic rings. The Morgan fingerprint density at radius 1 is 1.63 bits per heavy atom. The van der Waals surface area contributed by atoms with Gasteiger partial charge in [0.2, 0.25) is 5.91 Å². The molecule has 0 saturated carbocycles. The zero-order valence-electron chi connectivity index (χ0n) is 9.87. The number of ether oxygens (including phenoxy) is 1. The number of thioether (sulfide) groups is 1. The highest BCUT2D eigenvalue weighted by molar-refractivity contribution is 9.09. The fraction of sp³-hybridized carbons (Fsp3) is 0.700.